The van der Waals surface area contributed by atoms with E-state index in [1.807, 2.05) is 0 Å². The number of aliphatic imine (C=N–C) groups is 1. The van der Waals surface area contributed by atoms with Crippen molar-refractivity contribution < 1.29 is 19.5 Å². The van der Waals surface area contributed by atoms with Crippen LogP contribution in [0.2, 0.25) is 0 Å². The van der Waals surface area contributed by atoms with Gasteiger partial charge in [-0.25, -0.2) is 4.79 Å². The van der Waals surface area contributed by atoms with Crippen molar-refractivity contribution in [1.82, 2.24) is 10.6 Å². The summed E-state index contributed by atoms with van der Waals surface area (Å²) in [6.45, 7) is 0.691. The second-order valence-electron chi connectivity index (χ2n) is 5.98. The summed E-state index contributed by atoms with van der Waals surface area (Å²) in [6.07, 6.45) is 2.07. The number of rotatable bonds is 14. The smallest absolute Gasteiger partial charge is 0.326 e. The van der Waals surface area contributed by atoms with Gasteiger partial charge in [-0.15, -0.1) is 0 Å². The van der Waals surface area contributed by atoms with Gasteiger partial charge in [0.05, 0.1) is 6.04 Å². The van der Waals surface area contributed by atoms with E-state index in [1.54, 1.807) is 0 Å². The SMILES string of the molecule is NCCCCC(NC(=O)C(N)CS)C(=O)NC(CCCN=C(N)N)C(=O)O. The molecule has 0 spiro atoms. The first-order chi connectivity index (χ1) is 12.7. The number of nitrogens with one attached hydrogen (secondary N) is 2. The number of carboxylic acid groups (broad SMARTS) is 1. The molecule has 27 heavy (non-hydrogen) atoms. The second-order valence-corrected chi connectivity index (χ2v) is 6.35. The molecule has 0 radical (unpaired) electrons. The summed E-state index contributed by atoms with van der Waals surface area (Å²) in [6, 6.07) is -2.90. The number of hydrogen-bond acceptors (Lipinski definition) is 7. The first kappa shape index (κ1) is 24.9. The van der Waals surface area contributed by atoms with E-state index >= 15 is 0 Å². The molecular formula is C15H31N7O4S. The number of aliphatic carboxylic acids is 1. The molecule has 0 aromatic heterocycles. The lowest BCUT2D eigenvalue weighted by Gasteiger charge is -2.22. The number of amides is 2. The first-order valence-electron chi connectivity index (χ1n) is 8.68. The van der Waals surface area contributed by atoms with Gasteiger partial charge in [0.25, 0.3) is 0 Å². The third kappa shape index (κ3) is 11.3. The van der Waals surface area contributed by atoms with E-state index in [4.69, 9.17) is 22.9 Å². The molecule has 0 aromatic rings. The summed E-state index contributed by atoms with van der Waals surface area (Å²) in [5, 5.41) is 14.3. The van der Waals surface area contributed by atoms with Gasteiger partial charge in [-0.2, -0.15) is 12.6 Å². The fourth-order valence-electron chi connectivity index (χ4n) is 2.16. The summed E-state index contributed by atoms with van der Waals surface area (Å²) < 4.78 is 0. The average Bonchev–Trinajstić information content (AvgIpc) is 2.61. The lowest BCUT2D eigenvalue weighted by atomic mass is 10.1. The van der Waals surface area contributed by atoms with Crippen LogP contribution in [-0.4, -0.2) is 65.8 Å². The number of guanidine groups is 1. The van der Waals surface area contributed by atoms with Crippen LogP contribution in [0.3, 0.4) is 0 Å². The molecule has 0 aliphatic rings. The minimum atomic E-state index is -1.19. The van der Waals surface area contributed by atoms with E-state index in [0.717, 1.165) is 0 Å². The van der Waals surface area contributed by atoms with Crippen molar-refractivity contribution in [3.63, 3.8) is 0 Å². The molecular weight excluding hydrogens is 374 g/mol. The van der Waals surface area contributed by atoms with Crippen LogP contribution >= 0.6 is 12.6 Å². The van der Waals surface area contributed by atoms with Crippen LogP contribution in [0.1, 0.15) is 32.1 Å². The van der Waals surface area contributed by atoms with Crippen LogP contribution in [0.5, 0.6) is 0 Å². The van der Waals surface area contributed by atoms with Crippen LogP contribution in [0, 0.1) is 0 Å². The highest BCUT2D eigenvalue weighted by molar-refractivity contribution is 7.80. The minimum Gasteiger partial charge on any atom is -0.480 e. The molecule has 0 saturated heterocycles. The molecule has 0 aliphatic heterocycles. The van der Waals surface area contributed by atoms with E-state index in [0.29, 0.717) is 32.2 Å². The van der Waals surface area contributed by atoms with Crippen molar-refractivity contribution in [2.45, 2.75) is 50.2 Å². The largest absolute Gasteiger partial charge is 0.480 e. The van der Waals surface area contributed by atoms with Crippen LogP contribution in [0.4, 0.5) is 0 Å². The van der Waals surface area contributed by atoms with Crippen LogP contribution in [-0.2, 0) is 14.4 Å². The molecule has 0 heterocycles. The van der Waals surface area contributed by atoms with Gasteiger partial charge in [0, 0.05) is 12.3 Å². The van der Waals surface area contributed by atoms with Gasteiger partial charge in [0.2, 0.25) is 11.8 Å². The normalized spacial score (nSPS) is 13.9. The van der Waals surface area contributed by atoms with Gasteiger partial charge in [0.15, 0.2) is 5.96 Å². The molecule has 0 bridgehead atoms. The summed E-state index contributed by atoms with van der Waals surface area (Å²) in [7, 11) is 0. The third-order valence-electron chi connectivity index (χ3n) is 3.67. The summed E-state index contributed by atoms with van der Waals surface area (Å²) in [5.74, 6) is -2.29. The molecule has 0 rings (SSSR count). The number of thiol groups is 1. The zero-order chi connectivity index (χ0) is 20.8. The quantitative estimate of drug-likeness (QED) is 0.0666. The Morgan fingerprint density at radius 2 is 1.59 bits per heavy atom. The number of nitrogens with two attached hydrogens (primary N) is 4. The van der Waals surface area contributed by atoms with Crippen molar-refractivity contribution in [3.05, 3.63) is 0 Å². The van der Waals surface area contributed by atoms with Gasteiger partial charge in [-0.05, 0) is 38.6 Å². The maximum Gasteiger partial charge on any atom is 0.326 e. The Balaban J connectivity index is 4.89. The summed E-state index contributed by atoms with van der Waals surface area (Å²) in [5.41, 5.74) is 21.5. The van der Waals surface area contributed by atoms with Gasteiger partial charge in [-0.3, -0.25) is 14.6 Å². The number of carboxylic acids is 1. The van der Waals surface area contributed by atoms with Crippen LogP contribution in [0.25, 0.3) is 0 Å². The third-order valence-corrected chi connectivity index (χ3v) is 4.07. The van der Waals surface area contributed by atoms with E-state index in [9.17, 15) is 19.5 Å². The molecule has 0 fully saturated rings. The molecule has 3 atom stereocenters. The van der Waals surface area contributed by atoms with Crippen molar-refractivity contribution in [3.8, 4) is 0 Å². The molecule has 3 unspecified atom stereocenters. The maximum atomic E-state index is 12.5. The van der Waals surface area contributed by atoms with Crippen molar-refractivity contribution >= 4 is 36.4 Å². The number of nitrogens with zero attached hydrogens (tertiary/aromatic N) is 1. The Kier molecular flexibility index (Phi) is 13.0. The lowest BCUT2D eigenvalue weighted by Crippen LogP contribution is -2.54. The van der Waals surface area contributed by atoms with E-state index in [-0.39, 0.29) is 24.7 Å². The predicted molar refractivity (Wildman–Crippen MR) is 106 cm³/mol. The zero-order valence-corrected chi connectivity index (χ0v) is 16.2. The second kappa shape index (κ2) is 14.1. The Hall–Kier alpha value is -2.05. The van der Waals surface area contributed by atoms with Crippen LogP contribution in [0.15, 0.2) is 4.99 Å². The summed E-state index contributed by atoms with van der Waals surface area (Å²) >= 11 is 3.95. The van der Waals surface area contributed by atoms with Gasteiger partial charge >= 0.3 is 5.97 Å². The fraction of sp³-hybridized carbons (Fsp3) is 0.733. The van der Waals surface area contributed by atoms with E-state index in [2.05, 4.69) is 28.3 Å². The van der Waals surface area contributed by atoms with E-state index < -0.39 is 35.9 Å². The molecule has 0 aliphatic carbocycles. The first-order valence-corrected chi connectivity index (χ1v) is 9.31. The Bertz CT molecular complexity index is 514. The highest BCUT2D eigenvalue weighted by Gasteiger charge is 2.27. The number of carbonyl (C=O) groups excluding carboxylic acids is 2. The Labute approximate surface area is 164 Å². The van der Waals surface area contributed by atoms with Gasteiger partial charge in [0.1, 0.15) is 12.1 Å². The molecule has 12 heteroatoms. The number of unbranched alkanes of at least 4 members (excludes halogenated alkanes) is 1. The molecule has 2 amide bonds. The highest BCUT2D eigenvalue weighted by atomic mass is 32.1. The summed E-state index contributed by atoms with van der Waals surface area (Å²) in [4.78, 5) is 39.6. The molecule has 11 nitrogen and oxygen atoms in total. The fourth-order valence-corrected chi connectivity index (χ4v) is 2.32. The zero-order valence-electron chi connectivity index (χ0n) is 15.3. The highest BCUT2D eigenvalue weighted by Crippen LogP contribution is 2.05. The Morgan fingerprint density at radius 3 is 2.11 bits per heavy atom. The van der Waals surface area contributed by atoms with E-state index in [1.165, 1.54) is 0 Å². The molecule has 0 aromatic carbocycles. The van der Waals surface area contributed by atoms with Gasteiger partial charge in [-0.1, -0.05) is 0 Å². The van der Waals surface area contributed by atoms with Crippen LogP contribution < -0.4 is 33.6 Å². The standard InChI is InChI=1S/C15H31N7O4S/c16-6-2-1-4-10(21-12(23)9(17)8-27)13(24)22-11(14(25)26)5-3-7-20-15(18)19/h9-11,27H,1-8,16-17H2,(H,21,23)(H,22,24)(H,25,26)(H4,18,19,20). The Morgan fingerprint density at radius 1 is 1.00 bits per heavy atom. The molecule has 156 valence electrons. The molecule has 0 saturated carbocycles. The predicted octanol–water partition coefficient (Wildman–Crippen LogP) is -2.52. The maximum absolute atomic E-state index is 12.5. The van der Waals surface area contributed by atoms with Crippen molar-refractivity contribution in [1.29, 1.82) is 0 Å². The minimum absolute atomic E-state index is 0.0888. The topological polar surface area (TPSA) is 212 Å². The number of carbonyl (C=O) groups is 3. The lowest BCUT2D eigenvalue weighted by molar-refractivity contribution is -0.142. The van der Waals surface area contributed by atoms with Crippen molar-refractivity contribution in [2.75, 3.05) is 18.8 Å². The molecule has 11 N–H and O–H groups in total. The monoisotopic (exact) mass is 405 g/mol. The van der Waals surface area contributed by atoms with Crippen molar-refractivity contribution in [2.24, 2.45) is 27.9 Å². The average molecular weight is 406 g/mol. The van der Waals surface area contributed by atoms with Gasteiger partial charge < -0.3 is 38.7 Å². The number of hydrogen-bond donors (Lipinski definition) is 8.